The molecule has 0 saturated carbocycles. The predicted molar refractivity (Wildman–Crippen MR) is 113 cm³/mol. The minimum Gasteiger partial charge on any atom is -0.355 e. The highest BCUT2D eigenvalue weighted by Gasteiger charge is 2.14. The van der Waals surface area contributed by atoms with E-state index in [1.807, 2.05) is 48.7 Å². The summed E-state index contributed by atoms with van der Waals surface area (Å²) in [5.41, 5.74) is 4.86. The van der Waals surface area contributed by atoms with E-state index >= 15 is 0 Å². The van der Waals surface area contributed by atoms with E-state index in [0.29, 0.717) is 5.56 Å². The number of hydrogen-bond donors (Lipinski definition) is 1. The molecule has 2 aromatic heterocycles. The van der Waals surface area contributed by atoms with Crippen molar-refractivity contribution in [3.05, 3.63) is 71.7 Å². The minimum atomic E-state index is -0.0691. The second-order valence-corrected chi connectivity index (χ2v) is 7.00. The van der Waals surface area contributed by atoms with Crippen LogP contribution in [0.2, 0.25) is 0 Å². The second-order valence-electron chi connectivity index (χ2n) is 7.00. The van der Waals surface area contributed by atoms with E-state index in [-0.39, 0.29) is 5.91 Å². The van der Waals surface area contributed by atoms with Gasteiger partial charge in [-0.05, 0) is 30.2 Å². The Bertz CT molecular complexity index is 1130. The number of carbonyl (C=O) groups excluding carboxylic acids is 1. The molecule has 4 aromatic rings. The Morgan fingerprint density at radius 3 is 2.61 bits per heavy atom. The number of rotatable bonds is 6. The molecule has 0 radical (unpaired) electrons. The van der Waals surface area contributed by atoms with Gasteiger partial charge in [-0.25, -0.2) is 4.98 Å². The average Bonchev–Trinajstić information content (AvgIpc) is 3.10. The largest absolute Gasteiger partial charge is 0.355 e. The van der Waals surface area contributed by atoms with Gasteiger partial charge >= 0.3 is 0 Å². The fourth-order valence-corrected chi connectivity index (χ4v) is 3.59. The van der Waals surface area contributed by atoms with Crippen LogP contribution in [-0.2, 0) is 13.0 Å². The average molecular weight is 372 g/mol. The molecule has 0 fully saturated rings. The van der Waals surface area contributed by atoms with Crippen LogP contribution in [0.15, 0.2) is 54.7 Å². The zero-order chi connectivity index (χ0) is 19.5. The van der Waals surface area contributed by atoms with Crippen LogP contribution in [0.1, 0.15) is 41.5 Å². The number of para-hydroxylation sites is 1. The van der Waals surface area contributed by atoms with Gasteiger partial charge in [-0.2, -0.15) is 0 Å². The first-order chi connectivity index (χ1) is 13.7. The van der Waals surface area contributed by atoms with Crippen LogP contribution in [0.25, 0.3) is 21.9 Å². The fraction of sp³-hybridized carbons (Fsp3) is 0.261. The quantitative estimate of drug-likeness (QED) is 0.548. The molecule has 4 rings (SSSR count). The van der Waals surface area contributed by atoms with Crippen molar-refractivity contribution in [1.29, 1.82) is 0 Å². The summed E-state index contributed by atoms with van der Waals surface area (Å²) < 4.78 is 2.31. The lowest BCUT2D eigenvalue weighted by molar-refractivity contribution is 0.0963. The van der Waals surface area contributed by atoms with Crippen LogP contribution in [-0.4, -0.2) is 27.5 Å². The van der Waals surface area contributed by atoms with Gasteiger partial charge < -0.3 is 9.88 Å². The van der Waals surface area contributed by atoms with Crippen molar-refractivity contribution in [2.45, 2.75) is 32.7 Å². The van der Waals surface area contributed by atoms with Gasteiger partial charge in [0.1, 0.15) is 11.3 Å². The maximum absolute atomic E-state index is 11.8. The van der Waals surface area contributed by atoms with Crippen molar-refractivity contribution in [3.8, 4) is 0 Å². The summed E-state index contributed by atoms with van der Waals surface area (Å²) in [6.45, 7) is 2.92. The van der Waals surface area contributed by atoms with Gasteiger partial charge in [0, 0.05) is 31.0 Å². The molecular formula is C23H24N4O. The molecule has 0 saturated heterocycles. The summed E-state index contributed by atoms with van der Waals surface area (Å²) in [5, 5.41) is 3.78. The van der Waals surface area contributed by atoms with Gasteiger partial charge in [0.15, 0.2) is 0 Å². The Kier molecular flexibility index (Phi) is 5.06. The molecule has 2 heterocycles. The van der Waals surface area contributed by atoms with Gasteiger partial charge in [-0.3, -0.25) is 9.78 Å². The van der Waals surface area contributed by atoms with Gasteiger partial charge in [0.25, 0.3) is 5.91 Å². The van der Waals surface area contributed by atoms with Gasteiger partial charge in [-0.1, -0.05) is 43.7 Å². The molecule has 28 heavy (non-hydrogen) atoms. The van der Waals surface area contributed by atoms with E-state index < -0.39 is 0 Å². The highest BCUT2D eigenvalue weighted by Crippen LogP contribution is 2.26. The number of aromatic nitrogens is 3. The third kappa shape index (κ3) is 3.36. The molecule has 5 heteroatoms. The minimum absolute atomic E-state index is 0.0691. The number of carbonyl (C=O) groups is 1. The van der Waals surface area contributed by atoms with Gasteiger partial charge in [-0.15, -0.1) is 0 Å². The Labute approximate surface area is 164 Å². The number of imidazole rings is 1. The molecule has 0 unspecified atom stereocenters. The fourth-order valence-electron chi connectivity index (χ4n) is 3.59. The van der Waals surface area contributed by atoms with Crippen LogP contribution >= 0.6 is 0 Å². The smallest absolute Gasteiger partial charge is 0.251 e. The van der Waals surface area contributed by atoms with Crippen LogP contribution in [0.4, 0.5) is 0 Å². The number of fused-ring (bicyclic) bond motifs is 3. The maximum Gasteiger partial charge on any atom is 0.251 e. The van der Waals surface area contributed by atoms with E-state index in [1.165, 1.54) is 0 Å². The summed E-state index contributed by atoms with van der Waals surface area (Å²) >= 11 is 0. The normalized spacial score (nSPS) is 11.2. The predicted octanol–water partition coefficient (Wildman–Crippen LogP) is 4.34. The first-order valence-electron chi connectivity index (χ1n) is 9.75. The lowest BCUT2D eigenvalue weighted by atomic mass is 10.1. The number of benzene rings is 2. The molecule has 1 N–H and O–H groups in total. The first-order valence-corrected chi connectivity index (χ1v) is 9.75. The first kappa shape index (κ1) is 18.2. The highest BCUT2D eigenvalue weighted by atomic mass is 16.1. The third-order valence-electron chi connectivity index (χ3n) is 5.10. The zero-order valence-corrected chi connectivity index (χ0v) is 16.3. The number of amides is 1. The molecule has 2 aromatic carbocycles. The molecule has 0 aliphatic heterocycles. The highest BCUT2D eigenvalue weighted by molar-refractivity contribution is 6.02. The summed E-state index contributed by atoms with van der Waals surface area (Å²) in [6, 6.07) is 16.0. The molecule has 0 aliphatic carbocycles. The lowest BCUT2D eigenvalue weighted by Gasteiger charge is -2.11. The molecule has 0 atom stereocenters. The van der Waals surface area contributed by atoms with Crippen LogP contribution in [0.5, 0.6) is 0 Å². The Hall–Kier alpha value is -3.21. The van der Waals surface area contributed by atoms with Crippen molar-refractivity contribution >= 4 is 27.8 Å². The molecule has 0 bridgehead atoms. The third-order valence-corrected chi connectivity index (χ3v) is 5.10. The van der Waals surface area contributed by atoms with Crippen molar-refractivity contribution in [3.63, 3.8) is 0 Å². The van der Waals surface area contributed by atoms with Gasteiger partial charge in [0.05, 0.1) is 17.2 Å². The standard InChI is InChI=1S/C23H24N4O/c1-3-4-9-21-26-20-14-25-19-8-6-5-7-18(19)22(20)27(21)15-16-10-12-17(13-11-16)23(28)24-2/h5-8,10-14H,3-4,9,15H2,1-2H3,(H,24,28). The van der Waals surface area contributed by atoms with Crippen molar-refractivity contribution < 1.29 is 4.79 Å². The number of hydrogen-bond acceptors (Lipinski definition) is 3. The van der Waals surface area contributed by atoms with Gasteiger partial charge in [0.2, 0.25) is 0 Å². The lowest BCUT2D eigenvalue weighted by Crippen LogP contribution is -2.17. The Morgan fingerprint density at radius 1 is 1.07 bits per heavy atom. The summed E-state index contributed by atoms with van der Waals surface area (Å²) in [7, 11) is 1.65. The number of nitrogens with zero attached hydrogens (tertiary/aromatic N) is 3. The summed E-state index contributed by atoms with van der Waals surface area (Å²) in [6.07, 6.45) is 5.04. The number of unbranched alkanes of at least 4 members (excludes halogenated alkanes) is 1. The second kappa shape index (κ2) is 7.80. The van der Waals surface area contributed by atoms with Crippen molar-refractivity contribution in [1.82, 2.24) is 19.9 Å². The molecule has 0 spiro atoms. The topological polar surface area (TPSA) is 59.8 Å². The zero-order valence-electron chi connectivity index (χ0n) is 16.3. The number of pyridine rings is 1. The number of aryl methyl sites for hydroxylation is 1. The summed E-state index contributed by atoms with van der Waals surface area (Å²) in [5.74, 6) is 1.02. The van der Waals surface area contributed by atoms with E-state index in [1.54, 1.807) is 7.05 Å². The van der Waals surface area contributed by atoms with E-state index in [2.05, 4.69) is 27.9 Å². The van der Waals surface area contributed by atoms with E-state index in [0.717, 1.165) is 59.1 Å². The maximum atomic E-state index is 11.8. The number of nitrogens with one attached hydrogen (secondary N) is 1. The Balaban J connectivity index is 1.81. The SMILES string of the molecule is CCCCc1nc2cnc3ccccc3c2n1Cc1ccc(C(=O)NC)cc1. The van der Waals surface area contributed by atoms with Crippen LogP contribution < -0.4 is 5.32 Å². The molecule has 142 valence electrons. The molecular weight excluding hydrogens is 348 g/mol. The molecule has 5 nitrogen and oxygen atoms in total. The summed E-state index contributed by atoms with van der Waals surface area (Å²) in [4.78, 5) is 21.3. The molecule has 0 aliphatic rings. The van der Waals surface area contributed by atoms with Crippen molar-refractivity contribution in [2.75, 3.05) is 7.05 Å². The molecule has 1 amide bonds. The van der Waals surface area contributed by atoms with E-state index in [9.17, 15) is 4.79 Å². The van der Waals surface area contributed by atoms with Crippen LogP contribution in [0, 0.1) is 0 Å². The Morgan fingerprint density at radius 2 is 1.86 bits per heavy atom. The monoisotopic (exact) mass is 372 g/mol. The van der Waals surface area contributed by atoms with Crippen molar-refractivity contribution in [2.24, 2.45) is 0 Å². The van der Waals surface area contributed by atoms with E-state index in [4.69, 9.17) is 4.98 Å². The van der Waals surface area contributed by atoms with Crippen LogP contribution in [0.3, 0.4) is 0 Å².